The average molecular weight is 294 g/mol. The van der Waals surface area contributed by atoms with E-state index in [9.17, 15) is 0 Å². The molecule has 4 nitrogen and oxygen atoms in total. The number of likely N-dealkylation sites (tertiary alicyclic amines) is 1. The first-order valence-corrected chi connectivity index (χ1v) is 8.56. The van der Waals surface area contributed by atoms with Gasteiger partial charge in [0.1, 0.15) is 0 Å². The summed E-state index contributed by atoms with van der Waals surface area (Å²) in [7, 11) is 4.30. The van der Waals surface area contributed by atoms with Crippen LogP contribution in [0.4, 0.5) is 5.13 Å². The maximum absolute atomic E-state index is 4.80. The van der Waals surface area contributed by atoms with Crippen LogP contribution in [0.2, 0.25) is 0 Å². The Morgan fingerprint density at radius 3 is 3.00 bits per heavy atom. The molecule has 2 aliphatic heterocycles. The third kappa shape index (κ3) is 2.71. The molecular formula is C15H26N4S. The molecule has 2 unspecified atom stereocenters. The van der Waals surface area contributed by atoms with Crippen LogP contribution in [-0.2, 0) is 6.54 Å². The molecule has 2 fully saturated rings. The lowest BCUT2D eigenvalue weighted by Crippen LogP contribution is -2.52. The molecule has 0 amide bonds. The quantitative estimate of drug-likeness (QED) is 0.925. The summed E-state index contributed by atoms with van der Waals surface area (Å²) in [5.41, 5.74) is 1.20. The van der Waals surface area contributed by atoms with Crippen LogP contribution in [-0.4, -0.2) is 49.7 Å². The lowest BCUT2D eigenvalue weighted by atomic mass is 9.84. The van der Waals surface area contributed by atoms with Crippen LogP contribution in [0.15, 0.2) is 0 Å². The Morgan fingerprint density at radius 1 is 1.35 bits per heavy atom. The van der Waals surface area contributed by atoms with Gasteiger partial charge in [0, 0.05) is 30.6 Å². The molecule has 2 aliphatic rings. The number of rotatable bonds is 3. The number of anilines is 1. The molecule has 2 atom stereocenters. The molecule has 2 saturated heterocycles. The van der Waals surface area contributed by atoms with E-state index in [4.69, 9.17) is 4.98 Å². The fourth-order valence-electron chi connectivity index (χ4n) is 3.70. The highest BCUT2D eigenvalue weighted by Gasteiger charge is 2.35. The summed E-state index contributed by atoms with van der Waals surface area (Å²) in [5, 5.41) is 4.47. The minimum Gasteiger partial charge on any atom is -0.348 e. The molecular weight excluding hydrogens is 268 g/mol. The predicted octanol–water partition coefficient (Wildman–Crippen LogP) is 2.09. The summed E-state index contributed by atoms with van der Waals surface area (Å²) < 4.78 is 0. The second-order valence-electron chi connectivity index (χ2n) is 6.22. The molecule has 1 aromatic rings. The number of hydrogen-bond donors (Lipinski definition) is 1. The van der Waals surface area contributed by atoms with Crippen molar-refractivity contribution in [2.45, 2.75) is 38.8 Å². The molecule has 20 heavy (non-hydrogen) atoms. The number of aromatic nitrogens is 1. The van der Waals surface area contributed by atoms with E-state index in [1.165, 1.54) is 48.1 Å². The van der Waals surface area contributed by atoms with Crippen molar-refractivity contribution in [3.63, 3.8) is 0 Å². The molecule has 1 N–H and O–H groups in total. The van der Waals surface area contributed by atoms with E-state index in [0.29, 0.717) is 0 Å². The summed E-state index contributed by atoms with van der Waals surface area (Å²) in [6, 6.07) is 0.804. The van der Waals surface area contributed by atoms with Crippen molar-refractivity contribution in [3.8, 4) is 0 Å². The molecule has 3 heterocycles. The summed E-state index contributed by atoms with van der Waals surface area (Å²) in [5.74, 6) is 0.833. The normalized spacial score (nSPS) is 27.6. The van der Waals surface area contributed by atoms with E-state index in [1.807, 2.05) is 18.4 Å². The Bertz CT molecular complexity index is 459. The van der Waals surface area contributed by atoms with E-state index in [2.05, 4.69) is 29.1 Å². The lowest BCUT2D eigenvalue weighted by molar-refractivity contribution is 0.102. The third-order valence-corrected chi connectivity index (χ3v) is 6.05. The zero-order chi connectivity index (χ0) is 14.1. The van der Waals surface area contributed by atoms with Crippen molar-refractivity contribution in [3.05, 3.63) is 10.6 Å². The topological polar surface area (TPSA) is 31.4 Å². The Balaban J connectivity index is 1.71. The molecule has 0 spiro atoms. The van der Waals surface area contributed by atoms with Crippen LogP contribution in [0.5, 0.6) is 0 Å². The Hall–Kier alpha value is -0.650. The van der Waals surface area contributed by atoms with Crippen molar-refractivity contribution in [1.29, 1.82) is 0 Å². The Labute approximate surface area is 126 Å². The van der Waals surface area contributed by atoms with Gasteiger partial charge in [0.2, 0.25) is 0 Å². The summed E-state index contributed by atoms with van der Waals surface area (Å²) in [4.78, 5) is 11.3. The van der Waals surface area contributed by atoms with Gasteiger partial charge in [0.05, 0.1) is 5.69 Å². The summed E-state index contributed by atoms with van der Waals surface area (Å²) in [6.07, 6.45) is 4.04. The molecule has 1 aromatic heterocycles. The number of fused-ring (bicyclic) bond motifs is 1. The number of piperidine rings is 2. The van der Waals surface area contributed by atoms with Gasteiger partial charge in [0.25, 0.3) is 0 Å². The maximum Gasteiger partial charge on any atom is 0.185 e. The first-order chi connectivity index (χ1) is 9.69. The number of nitrogens with one attached hydrogen (secondary N) is 1. The molecule has 112 valence electrons. The minimum absolute atomic E-state index is 0.804. The van der Waals surface area contributed by atoms with Crippen LogP contribution < -0.4 is 10.2 Å². The monoisotopic (exact) mass is 294 g/mol. The fraction of sp³-hybridized carbons (Fsp3) is 0.800. The highest BCUT2D eigenvalue weighted by molar-refractivity contribution is 7.15. The number of aryl methyl sites for hydroxylation is 1. The molecule has 5 heteroatoms. The van der Waals surface area contributed by atoms with Crippen LogP contribution in [0.3, 0.4) is 0 Å². The third-order valence-electron chi connectivity index (χ3n) is 4.83. The second-order valence-corrected chi connectivity index (χ2v) is 7.28. The van der Waals surface area contributed by atoms with Gasteiger partial charge >= 0.3 is 0 Å². The lowest BCUT2D eigenvalue weighted by Gasteiger charge is -2.45. The summed E-state index contributed by atoms with van der Waals surface area (Å²) in [6.45, 7) is 6.71. The van der Waals surface area contributed by atoms with Crippen LogP contribution in [0.1, 0.15) is 29.8 Å². The zero-order valence-corrected chi connectivity index (χ0v) is 13.7. The van der Waals surface area contributed by atoms with Gasteiger partial charge in [-0.1, -0.05) is 0 Å². The maximum atomic E-state index is 4.80. The average Bonchev–Trinajstić information content (AvgIpc) is 2.81. The summed E-state index contributed by atoms with van der Waals surface area (Å²) >= 11 is 1.87. The van der Waals surface area contributed by atoms with E-state index in [-0.39, 0.29) is 0 Å². The molecule has 0 radical (unpaired) electrons. The predicted molar refractivity (Wildman–Crippen MR) is 85.6 cm³/mol. The number of thiazole rings is 1. The molecule has 0 aromatic carbocycles. The van der Waals surface area contributed by atoms with Gasteiger partial charge < -0.3 is 15.1 Å². The highest BCUT2D eigenvalue weighted by Crippen LogP contribution is 2.34. The number of hydrogen-bond acceptors (Lipinski definition) is 5. The van der Waals surface area contributed by atoms with Crippen LogP contribution in [0.25, 0.3) is 0 Å². The molecule has 0 saturated carbocycles. The fourth-order valence-corrected chi connectivity index (χ4v) is 4.81. The van der Waals surface area contributed by atoms with Gasteiger partial charge in [-0.15, -0.1) is 11.3 Å². The SMILES string of the molecule is CNCc1sc(N2CCC3C(CCCN3C)C2)nc1C. The van der Waals surface area contributed by atoms with E-state index >= 15 is 0 Å². The van der Waals surface area contributed by atoms with Crippen LogP contribution in [0, 0.1) is 12.8 Å². The van der Waals surface area contributed by atoms with Crippen molar-refractivity contribution in [2.24, 2.45) is 5.92 Å². The van der Waals surface area contributed by atoms with Crippen molar-refractivity contribution in [2.75, 3.05) is 38.6 Å². The van der Waals surface area contributed by atoms with Gasteiger partial charge in [0.15, 0.2) is 5.13 Å². The van der Waals surface area contributed by atoms with E-state index in [1.54, 1.807) is 0 Å². The second kappa shape index (κ2) is 6.00. The highest BCUT2D eigenvalue weighted by atomic mass is 32.1. The number of nitrogens with zero attached hydrogens (tertiary/aromatic N) is 3. The molecule has 0 bridgehead atoms. The van der Waals surface area contributed by atoms with Gasteiger partial charge in [-0.25, -0.2) is 4.98 Å². The van der Waals surface area contributed by atoms with Gasteiger partial charge in [-0.05, 0) is 52.7 Å². The first kappa shape index (κ1) is 14.3. The first-order valence-electron chi connectivity index (χ1n) is 7.75. The largest absolute Gasteiger partial charge is 0.348 e. The zero-order valence-electron chi connectivity index (χ0n) is 12.9. The van der Waals surface area contributed by atoms with Crippen LogP contribution >= 0.6 is 11.3 Å². The minimum atomic E-state index is 0.804. The van der Waals surface area contributed by atoms with Crippen molar-refractivity contribution >= 4 is 16.5 Å². The van der Waals surface area contributed by atoms with Crippen molar-refractivity contribution in [1.82, 2.24) is 15.2 Å². The van der Waals surface area contributed by atoms with Gasteiger partial charge in [-0.3, -0.25) is 0 Å². The van der Waals surface area contributed by atoms with E-state index in [0.717, 1.165) is 25.0 Å². The Kier molecular flexibility index (Phi) is 4.29. The smallest absolute Gasteiger partial charge is 0.185 e. The van der Waals surface area contributed by atoms with Gasteiger partial charge in [-0.2, -0.15) is 0 Å². The van der Waals surface area contributed by atoms with Crippen molar-refractivity contribution < 1.29 is 0 Å². The molecule has 3 rings (SSSR count). The van der Waals surface area contributed by atoms with E-state index < -0.39 is 0 Å². The Morgan fingerprint density at radius 2 is 2.20 bits per heavy atom. The molecule has 0 aliphatic carbocycles. The standard InChI is InChI=1S/C15H26N4S/c1-11-14(9-16-2)20-15(17-11)19-8-6-13-12(10-19)5-4-7-18(13)3/h12-13,16H,4-10H2,1-3H3.